The van der Waals surface area contributed by atoms with Crippen LogP contribution in [0.15, 0.2) is 30.3 Å². The number of nitrogens with zero attached hydrogens (tertiary/aromatic N) is 1. The van der Waals surface area contributed by atoms with Gasteiger partial charge in [-0.2, -0.15) is 0 Å². The first-order chi connectivity index (χ1) is 11.6. The van der Waals surface area contributed by atoms with Crippen molar-refractivity contribution in [3.63, 3.8) is 0 Å². The molecule has 0 saturated carbocycles. The quantitative estimate of drug-likeness (QED) is 0.817. The van der Waals surface area contributed by atoms with Crippen molar-refractivity contribution >= 4 is 24.2 Å². The third-order valence-corrected chi connectivity index (χ3v) is 5.03. The highest BCUT2D eigenvalue weighted by Gasteiger charge is 2.42. The van der Waals surface area contributed by atoms with E-state index in [0.29, 0.717) is 32.4 Å². The Balaban J connectivity index is 0.00000225. The minimum atomic E-state index is -0.807. The van der Waals surface area contributed by atoms with Crippen molar-refractivity contribution in [1.82, 2.24) is 15.5 Å². The number of likely N-dealkylation sites (tertiary alicyclic amines) is 1. The van der Waals surface area contributed by atoms with Gasteiger partial charge < -0.3 is 20.3 Å². The molecule has 2 amide bonds. The largest absolute Gasteiger partial charge is 0.368 e. The summed E-state index contributed by atoms with van der Waals surface area (Å²) in [5.41, 5.74) is 0.294. The zero-order chi connectivity index (χ0) is 17.0. The first-order valence-corrected chi connectivity index (χ1v) is 8.54. The van der Waals surface area contributed by atoms with Gasteiger partial charge in [-0.3, -0.25) is 9.59 Å². The molecule has 6 nitrogen and oxygen atoms in total. The zero-order valence-corrected chi connectivity index (χ0v) is 15.3. The number of methoxy groups -OCH3 is 1. The van der Waals surface area contributed by atoms with Crippen molar-refractivity contribution in [3.05, 3.63) is 35.9 Å². The number of rotatable bonds is 5. The Kier molecular flexibility index (Phi) is 6.81. The van der Waals surface area contributed by atoms with Crippen LogP contribution in [0.5, 0.6) is 0 Å². The van der Waals surface area contributed by atoms with E-state index in [1.165, 1.54) is 0 Å². The van der Waals surface area contributed by atoms with Crippen LogP contribution in [0.1, 0.15) is 24.8 Å². The Morgan fingerprint density at radius 2 is 2.00 bits per heavy atom. The van der Waals surface area contributed by atoms with Gasteiger partial charge in [0.05, 0.1) is 0 Å². The SMILES string of the molecule is COC1(C(=O)NC2CCN(Cc3ccccc3)C2=O)CCNCC1.Cl. The monoisotopic (exact) mass is 367 g/mol. The van der Waals surface area contributed by atoms with Crippen LogP contribution in [0.2, 0.25) is 0 Å². The molecule has 0 aromatic heterocycles. The molecule has 0 bridgehead atoms. The number of halogens is 1. The van der Waals surface area contributed by atoms with Crippen molar-refractivity contribution in [3.8, 4) is 0 Å². The summed E-state index contributed by atoms with van der Waals surface area (Å²) in [4.78, 5) is 27.1. The molecule has 0 spiro atoms. The van der Waals surface area contributed by atoms with Crippen molar-refractivity contribution in [1.29, 1.82) is 0 Å². The highest BCUT2D eigenvalue weighted by molar-refractivity contribution is 5.92. The smallest absolute Gasteiger partial charge is 0.252 e. The Morgan fingerprint density at radius 3 is 2.64 bits per heavy atom. The highest BCUT2D eigenvalue weighted by atomic mass is 35.5. The number of hydrogen-bond acceptors (Lipinski definition) is 4. The van der Waals surface area contributed by atoms with Gasteiger partial charge in [0.15, 0.2) is 0 Å². The summed E-state index contributed by atoms with van der Waals surface area (Å²) in [7, 11) is 1.57. The molecule has 2 saturated heterocycles. The minimum Gasteiger partial charge on any atom is -0.368 e. The number of ether oxygens (including phenoxy) is 1. The van der Waals surface area contributed by atoms with E-state index in [1.54, 1.807) is 7.11 Å². The predicted molar refractivity (Wildman–Crippen MR) is 97.5 cm³/mol. The molecule has 1 atom stereocenters. The molecule has 0 radical (unpaired) electrons. The van der Waals surface area contributed by atoms with E-state index in [4.69, 9.17) is 4.74 Å². The van der Waals surface area contributed by atoms with Crippen LogP contribution in [0, 0.1) is 0 Å². The standard InChI is InChI=1S/C18H25N3O3.ClH/c1-24-18(8-10-19-11-9-18)17(23)20-15-7-12-21(16(15)22)13-14-5-3-2-4-6-14;/h2-6,15,19H,7-13H2,1H3,(H,20,23);1H. The number of amides is 2. The summed E-state index contributed by atoms with van der Waals surface area (Å²) >= 11 is 0. The fourth-order valence-electron chi connectivity index (χ4n) is 3.48. The second kappa shape index (κ2) is 8.65. The lowest BCUT2D eigenvalue weighted by molar-refractivity contribution is -0.149. The number of nitrogens with one attached hydrogen (secondary N) is 2. The molecule has 2 fully saturated rings. The molecule has 3 rings (SSSR count). The summed E-state index contributed by atoms with van der Waals surface area (Å²) in [5.74, 6) is -0.168. The average molecular weight is 368 g/mol. The first-order valence-electron chi connectivity index (χ1n) is 8.54. The lowest BCUT2D eigenvalue weighted by Gasteiger charge is -2.35. The number of piperidine rings is 1. The summed E-state index contributed by atoms with van der Waals surface area (Å²) in [6.45, 7) is 2.76. The van der Waals surface area contributed by atoms with Crippen molar-refractivity contribution in [2.24, 2.45) is 0 Å². The number of carbonyl (C=O) groups is 2. The Labute approximate surface area is 154 Å². The van der Waals surface area contributed by atoms with Crippen LogP contribution in [-0.4, -0.2) is 55.1 Å². The zero-order valence-electron chi connectivity index (χ0n) is 14.5. The van der Waals surface area contributed by atoms with Crippen LogP contribution in [0.25, 0.3) is 0 Å². The van der Waals surface area contributed by atoms with Crippen LogP contribution in [-0.2, 0) is 20.9 Å². The molecule has 0 aliphatic carbocycles. The summed E-state index contributed by atoms with van der Waals surface area (Å²) in [5, 5.41) is 6.15. The van der Waals surface area contributed by atoms with Gasteiger partial charge in [0.2, 0.25) is 5.91 Å². The van der Waals surface area contributed by atoms with E-state index in [2.05, 4.69) is 10.6 Å². The molecule has 1 aromatic rings. The maximum atomic E-state index is 12.7. The Bertz CT molecular complexity index is 590. The van der Waals surface area contributed by atoms with Gasteiger partial charge in [0.1, 0.15) is 11.6 Å². The van der Waals surface area contributed by atoms with Crippen molar-refractivity contribution in [2.45, 2.75) is 37.5 Å². The van der Waals surface area contributed by atoms with Gasteiger partial charge in [-0.05, 0) is 37.9 Å². The molecular formula is C18H26ClN3O3. The number of benzene rings is 1. The van der Waals surface area contributed by atoms with Crippen LogP contribution < -0.4 is 10.6 Å². The molecule has 1 unspecified atom stereocenters. The lowest BCUT2D eigenvalue weighted by atomic mass is 9.90. The Hall–Kier alpha value is -1.63. The van der Waals surface area contributed by atoms with Gasteiger partial charge in [-0.25, -0.2) is 0 Å². The lowest BCUT2D eigenvalue weighted by Crippen LogP contribution is -2.57. The predicted octanol–water partition coefficient (Wildman–Crippen LogP) is 1.09. The van der Waals surface area contributed by atoms with Crippen LogP contribution in [0.4, 0.5) is 0 Å². The normalized spacial score (nSPS) is 22.4. The second-order valence-electron chi connectivity index (χ2n) is 6.51. The third kappa shape index (κ3) is 4.32. The van der Waals surface area contributed by atoms with Crippen molar-refractivity contribution < 1.29 is 14.3 Å². The van der Waals surface area contributed by atoms with E-state index in [1.807, 2.05) is 35.2 Å². The molecule has 7 heteroatoms. The molecule has 2 aliphatic heterocycles. The second-order valence-corrected chi connectivity index (χ2v) is 6.51. The first kappa shape index (κ1) is 19.7. The molecule has 25 heavy (non-hydrogen) atoms. The molecule has 138 valence electrons. The molecule has 1 aromatic carbocycles. The van der Waals surface area contributed by atoms with Gasteiger partial charge in [0.25, 0.3) is 5.91 Å². The fraction of sp³-hybridized carbons (Fsp3) is 0.556. The van der Waals surface area contributed by atoms with E-state index < -0.39 is 11.6 Å². The summed E-state index contributed by atoms with van der Waals surface area (Å²) < 4.78 is 5.53. The number of carbonyl (C=O) groups excluding carboxylic acids is 2. The van der Waals surface area contributed by atoms with E-state index in [-0.39, 0.29) is 24.2 Å². The van der Waals surface area contributed by atoms with Gasteiger partial charge in [-0.1, -0.05) is 30.3 Å². The van der Waals surface area contributed by atoms with E-state index in [0.717, 1.165) is 18.7 Å². The fourth-order valence-corrected chi connectivity index (χ4v) is 3.48. The van der Waals surface area contributed by atoms with Crippen LogP contribution >= 0.6 is 12.4 Å². The topological polar surface area (TPSA) is 70.7 Å². The summed E-state index contributed by atoms with van der Waals surface area (Å²) in [6.07, 6.45) is 1.91. The van der Waals surface area contributed by atoms with Crippen molar-refractivity contribution in [2.75, 3.05) is 26.7 Å². The maximum absolute atomic E-state index is 12.7. The average Bonchev–Trinajstić information content (AvgIpc) is 2.96. The minimum absolute atomic E-state index is 0. The van der Waals surface area contributed by atoms with Gasteiger partial charge >= 0.3 is 0 Å². The van der Waals surface area contributed by atoms with Crippen LogP contribution in [0.3, 0.4) is 0 Å². The van der Waals surface area contributed by atoms with E-state index >= 15 is 0 Å². The molecule has 2 heterocycles. The molecule has 2 N–H and O–H groups in total. The van der Waals surface area contributed by atoms with Gasteiger partial charge in [-0.15, -0.1) is 12.4 Å². The third-order valence-electron chi connectivity index (χ3n) is 5.03. The highest BCUT2D eigenvalue weighted by Crippen LogP contribution is 2.24. The van der Waals surface area contributed by atoms with Gasteiger partial charge in [0, 0.05) is 20.2 Å². The maximum Gasteiger partial charge on any atom is 0.252 e. The number of hydrogen-bond donors (Lipinski definition) is 2. The van der Waals surface area contributed by atoms with E-state index in [9.17, 15) is 9.59 Å². The molecular weight excluding hydrogens is 342 g/mol. The Morgan fingerprint density at radius 1 is 1.32 bits per heavy atom. The molecule has 2 aliphatic rings. The summed E-state index contributed by atoms with van der Waals surface area (Å²) in [6, 6.07) is 9.47.